The number of ether oxygens (including phenoxy) is 2. The van der Waals surface area contributed by atoms with Crippen LogP contribution in [0.25, 0.3) is 22.0 Å². The molecule has 0 radical (unpaired) electrons. The number of para-hydroxylation sites is 1. The average molecular weight is 774 g/mol. The molecule has 2 amide bonds. The van der Waals surface area contributed by atoms with Crippen LogP contribution < -0.4 is 20.9 Å². The summed E-state index contributed by atoms with van der Waals surface area (Å²) >= 11 is 0. The van der Waals surface area contributed by atoms with Gasteiger partial charge in [0.1, 0.15) is 17.6 Å². The number of carbonyl (C=O) groups excluding carboxylic acids is 2. The normalized spacial score (nSPS) is 18.2. The topological polar surface area (TPSA) is 156 Å². The largest absolute Gasteiger partial charge is 0.506 e. The predicted octanol–water partition coefficient (Wildman–Crippen LogP) is 5.95. The van der Waals surface area contributed by atoms with Gasteiger partial charge in [0.15, 0.2) is 0 Å². The summed E-state index contributed by atoms with van der Waals surface area (Å²) in [6.07, 6.45) is 1.64. The Morgan fingerprint density at radius 2 is 1.67 bits per heavy atom. The Morgan fingerprint density at radius 3 is 2.44 bits per heavy atom. The molecule has 57 heavy (non-hydrogen) atoms. The molecular weight excluding hydrogens is 723 g/mol. The van der Waals surface area contributed by atoms with Gasteiger partial charge in [-0.1, -0.05) is 66.7 Å². The van der Waals surface area contributed by atoms with Crippen molar-refractivity contribution in [3.63, 3.8) is 0 Å². The third-order valence-electron chi connectivity index (χ3n) is 11.2. The SMILES string of the molecule is CN(CCNC[C@H](O)c1ccc(O)c2[nH]c(=O)ccc12)C(=O)CCOc1ccc(CCN2CC3CC(OC(=O)Nc4ccccc4-c4ccccc4)CC3C2)cc1. The standard InChI is InChI=1S/C45H51N5O7/c1-49(23-21-46-27-41(52)37-15-17-40(51)44-38(37)16-18-42(53)48-44)43(54)20-24-56-34-13-11-30(12-14-34)19-22-50-28-32-25-35(26-33(32)29-50)57-45(55)47-39-10-6-5-9-36(39)31-7-3-2-4-8-31/h2-18,32-33,35,41,46,51-52H,19-29H2,1H3,(H,47,55)(H,48,53)/t32?,33?,35?,41-/m0/s1. The summed E-state index contributed by atoms with van der Waals surface area (Å²) in [6.45, 7) is 4.46. The highest BCUT2D eigenvalue weighted by molar-refractivity contribution is 5.91. The van der Waals surface area contributed by atoms with Gasteiger partial charge >= 0.3 is 6.09 Å². The quantitative estimate of drug-likeness (QED) is 0.0765. The van der Waals surface area contributed by atoms with Crippen molar-refractivity contribution >= 4 is 28.6 Å². The van der Waals surface area contributed by atoms with Crippen LogP contribution in [0, 0.1) is 11.8 Å². The number of pyridine rings is 1. The number of anilines is 1. The van der Waals surface area contributed by atoms with Crippen molar-refractivity contribution in [1.82, 2.24) is 20.1 Å². The second-order valence-electron chi connectivity index (χ2n) is 15.1. The lowest BCUT2D eigenvalue weighted by molar-refractivity contribution is -0.130. The van der Waals surface area contributed by atoms with Crippen LogP contribution in [-0.4, -0.2) is 96.0 Å². The summed E-state index contributed by atoms with van der Waals surface area (Å²) in [7, 11) is 1.74. The molecule has 1 aromatic heterocycles. The van der Waals surface area contributed by atoms with Crippen LogP contribution in [0.4, 0.5) is 10.5 Å². The van der Waals surface area contributed by atoms with E-state index in [0.717, 1.165) is 61.5 Å². The maximum absolute atomic E-state index is 12.9. The number of fused-ring (bicyclic) bond motifs is 2. The van der Waals surface area contributed by atoms with Gasteiger partial charge in [0.05, 0.1) is 30.3 Å². The van der Waals surface area contributed by atoms with Crippen molar-refractivity contribution in [2.24, 2.45) is 11.8 Å². The predicted molar refractivity (Wildman–Crippen MR) is 220 cm³/mol. The number of aliphatic hydroxyl groups is 1. The first-order chi connectivity index (χ1) is 27.7. The highest BCUT2D eigenvalue weighted by Gasteiger charge is 2.42. The number of phenols is 1. The van der Waals surface area contributed by atoms with Crippen molar-refractivity contribution in [2.45, 2.75) is 37.9 Å². The van der Waals surface area contributed by atoms with Crippen LogP contribution in [0.2, 0.25) is 0 Å². The molecule has 3 atom stereocenters. The molecule has 12 heteroatoms. The first kappa shape index (κ1) is 39.5. The number of nitrogens with zero attached hydrogens (tertiary/aromatic N) is 2. The van der Waals surface area contributed by atoms with E-state index in [1.807, 2.05) is 66.7 Å². The minimum absolute atomic E-state index is 0.0383. The fraction of sp³-hybridized carbons (Fsp3) is 0.356. The number of carbonyl (C=O) groups is 2. The van der Waals surface area contributed by atoms with Crippen molar-refractivity contribution < 1.29 is 29.3 Å². The van der Waals surface area contributed by atoms with Crippen molar-refractivity contribution in [3.8, 4) is 22.6 Å². The summed E-state index contributed by atoms with van der Waals surface area (Å²) in [5.74, 6) is 1.70. The smallest absolute Gasteiger partial charge is 0.411 e. The Balaban J connectivity index is 0.758. The molecule has 1 aliphatic heterocycles. The van der Waals surface area contributed by atoms with Crippen molar-refractivity contribution in [3.05, 3.63) is 125 Å². The number of rotatable bonds is 16. The van der Waals surface area contributed by atoms with Gasteiger partial charge in [0.2, 0.25) is 11.5 Å². The average Bonchev–Trinajstić information content (AvgIpc) is 3.78. The zero-order valence-corrected chi connectivity index (χ0v) is 32.2. The van der Waals surface area contributed by atoms with Crippen LogP contribution in [0.5, 0.6) is 11.5 Å². The third-order valence-corrected chi connectivity index (χ3v) is 11.2. The number of aromatic nitrogens is 1. The summed E-state index contributed by atoms with van der Waals surface area (Å²) in [6, 6.07) is 31.9. The Morgan fingerprint density at radius 1 is 0.930 bits per heavy atom. The van der Waals surface area contributed by atoms with Crippen LogP contribution >= 0.6 is 0 Å². The molecule has 1 aliphatic carbocycles. The van der Waals surface area contributed by atoms with Crippen LogP contribution in [-0.2, 0) is 16.0 Å². The Labute approximate surface area is 332 Å². The molecule has 2 unspecified atom stereocenters. The molecule has 2 fully saturated rings. The van der Waals surface area contributed by atoms with Gasteiger partial charge in [-0.05, 0) is 78.1 Å². The highest BCUT2D eigenvalue weighted by Crippen LogP contribution is 2.40. The Kier molecular flexibility index (Phi) is 12.8. The number of benzene rings is 4. The molecule has 2 heterocycles. The van der Waals surface area contributed by atoms with E-state index in [2.05, 4.69) is 32.7 Å². The fourth-order valence-electron chi connectivity index (χ4n) is 8.13. The number of phenolic OH excluding ortho intramolecular Hbond substituents is 1. The molecule has 0 bridgehead atoms. The first-order valence-corrected chi connectivity index (χ1v) is 19.7. The van der Waals surface area contributed by atoms with Crippen molar-refractivity contribution in [2.75, 3.05) is 58.2 Å². The molecule has 0 spiro atoms. The molecule has 7 rings (SSSR count). The van der Waals surface area contributed by atoms with Crippen molar-refractivity contribution in [1.29, 1.82) is 0 Å². The van der Waals surface area contributed by atoms with E-state index in [4.69, 9.17) is 9.47 Å². The lowest BCUT2D eigenvalue weighted by Crippen LogP contribution is -2.35. The number of amides is 2. The van der Waals surface area contributed by atoms with Gasteiger partial charge in [-0.25, -0.2) is 4.79 Å². The zero-order valence-electron chi connectivity index (χ0n) is 32.2. The molecule has 298 valence electrons. The molecule has 12 nitrogen and oxygen atoms in total. The van der Waals surface area contributed by atoms with E-state index >= 15 is 0 Å². The number of hydrogen-bond acceptors (Lipinski definition) is 9. The number of hydrogen-bond donors (Lipinski definition) is 5. The van der Waals surface area contributed by atoms with E-state index < -0.39 is 12.2 Å². The Bertz CT molecular complexity index is 2180. The van der Waals surface area contributed by atoms with Gasteiger partial charge in [0.25, 0.3) is 0 Å². The number of likely N-dealkylation sites (N-methyl/N-ethyl adjacent to an activating group) is 1. The molecule has 4 aromatic carbocycles. The van der Waals surface area contributed by atoms with Crippen LogP contribution in [0.1, 0.15) is 36.5 Å². The summed E-state index contributed by atoms with van der Waals surface area (Å²) in [4.78, 5) is 44.0. The monoisotopic (exact) mass is 773 g/mol. The summed E-state index contributed by atoms with van der Waals surface area (Å²) in [5, 5.41) is 27.6. The number of aromatic amines is 1. The van der Waals surface area contributed by atoms with E-state index in [9.17, 15) is 24.6 Å². The number of nitrogens with one attached hydrogen (secondary N) is 3. The number of H-pyrrole nitrogens is 1. The second-order valence-corrected chi connectivity index (χ2v) is 15.1. The first-order valence-electron chi connectivity index (χ1n) is 19.7. The minimum atomic E-state index is -0.869. The van der Waals surface area contributed by atoms with Gasteiger partial charge in [-0.3, -0.25) is 14.9 Å². The number of likely N-dealkylation sites (tertiary alicyclic amines) is 1. The van der Waals surface area contributed by atoms with Crippen LogP contribution in [0.3, 0.4) is 0 Å². The van der Waals surface area contributed by atoms with Gasteiger partial charge < -0.3 is 39.8 Å². The van der Waals surface area contributed by atoms with Gasteiger partial charge in [-0.2, -0.15) is 0 Å². The summed E-state index contributed by atoms with van der Waals surface area (Å²) in [5.41, 5.74) is 4.53. The lowest BCUT2D eigenvalue weighted by Gasteiger charge is -2.20. The second kappa shape index (κ2) is 18.5. The maximum Gasteiger partial charge on any atom is 0.411 e. The summed E-state index contributed by atoms with van der Waals surface area (Å²) < 4.78 is 11.8. The van der Waals surface area contributed by atoms with Gasteiger partial charge in [-0.15, -0.1) is 0 Å². The fourth-order valence-corrected chi connectivity index (χ4v) is 8.13. The Hall–Kier alpha value is -5.69. The molecule has 2 aliphatic rings. The van der Waals surface area contributed by atoms with Crippen LogP contribution in [0.15, 0.2) is 108 Å². The lowest BCUT2D eigenvalue weighted by atomic mass is 10.0. The number of aliphatic hydroxyl groups excluding tert-OH is 1. The molecule has 1 saturated heterocycles. The highest BCUT2D eigenvalue weighted by atomic mass is 16.6. The minimum Gasteiger partial charge on any atom is -0.506 e. The van der Waals surface area contributed by atoms with E-state index in [1.54, 1.807) is 24.1 Å². The number of aromatic hydroxyl groups is 1. The van der Waals surface area contributed by atoms with E-state index in [0.29, 0.717) is 35.9 Å². The van der Waals surface area contributed by atoms with E-state index in [-0.39, 0.29) is 48.4 Å². The van der Waals surface area contributed by atoms with Gasteiger partial charge in [0, 0.05) is 63.3 Å². The maximum atomic E-state index is 12.9. The molecular formula is C45H51N5O7. The molecule has 1 saturated carbocycles. The molecule has 5 N–H and O–H groups in total. The third kappa shape index (κ3) is 10.2. The molecule has 5 aromatic rings. The van der Waals surface area contributed by atoms with E-state index in [1.165, 1.54) is 17.7 Å². The zero-order chi connectivity index (χ0) is 39.7.